The average molecular weight is 417 g/mol. The van der Waals surface area contributed by atoms with Crippen molar-refractivity contribution >= 4 is 23.6 Å². The van der Waals surface area contributed by atoms with Crippen LogP contribution in [0.5, 0.6) is 0 Å². The third-order valence-electron chi connectivity index (χ3n) is 5.51. The van der Waals surface area contributed by atoms with Gasteiger partial charge in [0.2, 0.25) is 11.8 Å². The van der Waals surface area contributed by atoms with Gasteiger partial charge in [-0.1, -0.05) is 30.3 Å². The van der Waals surface area contributed by atoms with Gasteiger partial charge in [0.15, 0.2) is 0 Å². The lowest BCUT2D eigenvalue weighted by atomic mass is 9.95. The Kier molecular flexibility index (Phi) is 6.26. The summed E-state index contributed by atoms with van der Waals surface area (Å²) < 4.78 is 16.1. The smallest absolute Gasteiger partial charge is 0.246 e. The number of nitrogens with zero attached hydrogens (tertiary/aromatic N) is 2. The molecule has 0 saturated carbocycles. The molecule has 6 heteroatoms. The molecule has 0 bridgehead atoms. The molecule has 31 heavy (non-hydrogen) atoms. The van der Waals surface area contributed by atoms with Crippen LogP contribution in [-0.2, 0) is 9.59 Å². The van der Waals surface area contributed by atoms with Crippen LogP contribution in [0.25, 0.3) is 11.8 Å². The molecule has 3 aromatic rings. The van der Waals surface area contributed by atoms with E-state index in [1.165, 1.54) is 6.07 Å². The molecule has 1 N–H and O–H groups in total. The zero-order valence-electron chi connectivity index (χ0n) is 17.1. The molecule has 2 aromatic carbocycles. The summed E-state index contributed by atoms with van der Waals surface area (Å²) >= 11 is 0. The Hall–Kier alpha value is -3.67. The fraction of sp³-hybridized carbons (Fsp3) is 0.200. The van der Waals surface area contributed by atoms with E-state index in [1.807, 2.05) is 59.4 Å². The van der Waals surface area contributed by atoms with Gasteiger partial charge in [0.1, 0.15) is 5.82 Å². The van der Waals surface area contributed by atoms with Gasteiger partial charge in [0.25, 0.3) is 0 Å². The highest BCUT2D eigenvalue weighted by atomic mass is 19.1. The van der Waals surface area contributed by atoms with E-state index in [2.05, 4.69) is 5.32 Å². The Bertz CT molecular complexity index is 1070. The molecule has 5 nitrogen and oxygen atoms in total. The minimum absolute atomic E-state index is 0.0619. The molecular formula is C25H24FN3O2. The number of benzene rings is 2. The van der Waals surface area contributed by atoms with Gasteiger partial charge in [-0.2, -0.15) is 0 Å². The molecule has 0 radical (unpaired) electrons. The van der Waals surface area contributed by atoms with Crippen molar-refractivity contribution in [3.63, 3.8) is 0 Å². The van der Waals surface area contributed by atoms with E-state index in [0.717, 1.165) is 11.3 Å². The standard InChI is InChI=1S/C25H24FN3O2/c26-22-10-9-21(28-14-4-5-15-28)18-23(22)27-25(31)20-12-16-29(17-13-20)24(30)11-8-19-6-2-1-3-7-19/h1-11,14-15,18,20H,12-13,16-17H2,(H,27,31)/b11-8+. The second-order valence-electron chi connectivity index (χ2n) is 7.59. The average Bonchev–Trinajstić information content (AvgIpc) is 3.35. The first-order valence-electron chi connectivity index (χ1n) is 10.4. The van der Waals surface area contributed by atoms with E-state index in [4.69, 9.17) is 0 Å². The van der Waals surface area contributed by atoms with Crippen LogP contribution in [0.3, 0.4) is 0 Å². The Morgan fingerprint density at radius 2 is 1.68 bits per heavy atom. The quantitative estimate of drug-likeness (QED) is 0.621. The number of carbonyl (C=O) groups excluding carboxylic acids is 2. The number of anilines is 1. The van der Waals surface area contributed by atoms with Crippen LogP contribution in [-0.4, -0.2) is 34.4 Å². The number of likely N-dealkylation sites (tertiary alicyclic amines) is 1. The van der Waals surface area contributed by atoms with Crippen molar-refractivity contribution < 1.29 is 14.0 Å². The number of amides is 2. The number of hydrogen-bond acceptors (Lipinski definition) is 2. The molecule has 0 unspecified atom stereocenters. The number of halogens is 1. The van der Waals surface area contributed by atoms with Crippen molar-refractivity contribution in [2.75, 3.05) is 18.4 Å². The molecule has 4 rings (SSSR count). The van der Waals surface area contributed by atoms with Crippen LogP contribution < -0.4 is 5.32 Å². The van der Waals surface area contributed by atoms with Gasteiger partial charge in [0, 0.05) is 43.2 Å². The lowest BCUT2D eigenvalue weighted by Crippen LogP contribution is -2.40. The van der Waals surface area contributed by atoms with Crippen LogP contribution in [0.15, 0.2) is 79.1 Å². The van der Waals surface area contributed by atoms with Gasteiger partial charge < -0.3 is 14.8 Å². The minimum Gasteiger partial charge on any atom is -0.339 e. The molecule has 2 heterocycles. The zero-order valence-corrected chi connectivity index (χ0v) is 17.1. The number of aromatic nitrogens is 1. The van der Waals surface area contributed by atoms with E-state index in [-0.39, 0.29) is 23.4 Å². The van der Waals surface area contributed by atoms with E-state index in [0.29, 0.717) is 25.9 Å². The Labute approximate surface area is 180 Å². The summed E-state index contributed by atoms with van der Waals surface area (Å²) in [5.41, 5.74) is 1.90. The lowest BCUT2D eigenvalue weighted by Gasteiger charge is -2.30. The topological polar surface area (TPSA) is 54.3 Å². The summed E-state index contributed by atoms with van der Waals surface area (Å²) in [6.45, 7) is 1.00. The molecule has 0 aliphatic carbocycles. The molecule has 1 aliphatic heterocycles. The van der Waals surface area contributed by atoms with Gasteiger partial charge in [0.05, 0.1) is 5.69 Å². The number of rotatable bonds is 5. The van der Waals surface area contributed by atoms with Gasteiger partial charge in [-0.25, -0.2) is 4.39 Å². The largest absolute Gasteiger partial charge is 0.339 e. The Balaban J connectivity index is 1.33. The van der Waals surface area contributed by atoms with Gasteiger partial charge in [-0.05, 0) is 54.8 Å². The van der Waals surface area contributed by atoms with Crippen LogP contribution in [0, 0.1) is 11.7 Å². The van der Waals surface area contributed by atoms with Crippen molar-refractivity contribution in [1.82, 2.24) is 9.47 Å². The molecule has 1 aromatic heterocycles. The molecule has 0 atom stereocenters. The van der Waals surface area contributed by atoms with Crippen LogP contribution in [0.2, 0.25) is 0 Å². The second-order valence-corrected chi connectivity index (χ2v) is 7.59. The minimum atomic E-state index is -0.470. The van der Waals surface area contributed by atoms with E-state index in [1.54, 1.807) is 29.2 Å². The monoisotopic (exact) mass is 417 g/mol. The van der Waals surface area contributed by atoms with Crippen LogP contribution in [0.4, 0.5) is 10.1 Å². The molecule has 0 spiro atoms. The third-order valence-corrected chi connectivity index (χ3v) is 5.51. The van der Waals surface area contributed by atoms with Crippen molar-refractivity contribution in [3.8, 4) is 5.69 Å². The third kappa shape index (κ3) is 5.09. The van der Waals surface area contributed by atoms with Gasteiger partial charge >= 0.3 is 0 Å². The van der Waals surface area contributed by atoms with Crippen molar-refractivity contribution in [2.45, 2.75) is 12.8 Å². The fourth-order valence-corrected chi connectivity index (χ4v) is 3.71. The van der Waals surface area contributed by atoms with Crippen LogP contribution >= 0.6 is 0 Å². The first-order valence-corrected chi connectivity index (χ1v) is 10.4. The predicted octanol–water partition coefficient (Wildman–Crippen LogP) is 4.51. The highest BCUT2D eigenvalue weighted by Gasteiger charge is 2.27. The molecular weight excluding hydrogens is 393 g/mol. The van der Waals surface area contributed by atoms with Gasteiger partial charge in [-0.15, -0.1) is 0 Å². The van der Waals surface area contributed by atoms with Crippen LogP contribution in [0.1, 0.15) is 18.4 Å². The summed E-state index contributed by atoms with van der Waals surface area (Å²) in [6, 6.07) is 18.0. The Morgan fingerprint density at radius 3 is 2.39 bits per heavy atom. The second kappa shape index (κ2) is 9.43. The summed E-state index contributed by atoms with van der Waals surface area (Å²) in [6.07, 6.45) is 8.18. The summed E-state index contributed by atoms with van der Waals surface area (Å²) in [7, 11) is 0. The fourth-order valence-electron chi connectivity index (χ4n) is 3.71. The number of carbonyl (C=O) groups is 2. The van der Waals surface area contributed by atoms with Crippen molar-refractivity contribution in [3.05, 3.63) is 90.5 Å². The molecule has 1 saturated heterocycles. The maximum Gasteiger partial charge on any atom is 0.246 e. The first-order chi connectivity index (χ1) is 15.1. The predicted molar refractivity (Wildman–Crippen MR) is 119 cm³/mol. The maximum absolute atomic E-state index is 14.2. The lowest BCUT2D eigenvalue weighted by molar-refractivity contribution is -0.130. The highest BCUT2D eigenvalue weighted by molar-refractivity contribution is 5.94. The van der Waals surface area contributed by atoms with Gasteiger partial charge in [-0.3, -0.25) is 9.59 Å². The number of piperidine rings is 1. The summed E-state index contributed by atoms with van der Waals surface area (Å²) in [5.74, 6) is -0.997. The van der Waals surface area contributed by atoms with Crippen molar-refractivity contribution in [2.24, 2.45) is 5.92 Å². The maximum atomic E-state index is 14.2. The molecule has 158 valence electrons. The number of hydrogen-bond donors (Lipinski definition) is 1. The summed E-state index contributed by atoms with van der Waals surface area (Å²) in [5, 5.41) is 2.73. The first kappa shape index (κ1) is 20.6. The van der Waals surface area contributed by atoms with E-state index < -0.39 is 5.82 Å². The molecule has 1 fully saturated rings. The van der Waals surface area contributed by atoms with E-state index in [9.17, 15) is 14.0 Å². The zero-order chi connectivity index (χ0) is 21.6. The molecule has 1 aliphatic rings. The molecule has 2 amide bonds. The summed E-state index contributed by atoms with van der Waals surface area (Å²) in [4.78, 5) is 26.9. The number of nitrogens with one attached hydrogen (secondary N) is 1. The Morgan fingerprint density at radius 1 is 0.968 bits per heavy atom. The SMILES string of the molecule is O=C(Nc1cc(-n2cccc2)ccc1F)C1CCN(C(=O)/C=C/c2ccccc2)CC1. The van der Waals surface area contributed by atoms with E-state index >= 15 is 0 Å². The normalized spacial score (nSPS) is 14.7. The highest BCUT2D eigenvalue weighted by Crippen LogP contribution is 2.23. The van der Waals surface area contributed by atoms with Crippen molar-refractivity contribution in [1.29, 1.82) is 0 Å².